The zero-order chi connectivity index (χ0) is 23.1. The highest BCUT2D eigenvalue weighted by Crippen LogP contribution is 2.59. The molecule has 0 spiro atoms. The molecule has 0 bridgehead atoms. The van der Waals surface area contributed by atoms with Crippen LogP contribution in [0.25, 0.3) is 6.08 Å². The van der Waals surface area contributed by atoms with E-state index < -0.39 is 28.5 Å². The van der Waals surface area contributed by atoms with Crippen LogP contribution in [0.3, 0.4) is 0 Å². The van der Waals surface area contributed by atoms with Crippen molar-refractivity contribution in [1.82, 2.24) is 0 Å². The molecule has 1 aromatic heterocycles. The number of allylic oxidation sites excluding steroid dienone is 4. The van der Waals surface area contributed by atoms with Gasteiger partial charge in [-0.25, -0.2) is 0 Å². The quantitative estimate of drug-likeness (QED) is 0.521. The summed E-state index contributed by atoms with van der Waals surface area (Å²) in [6.07, 6.45) is 2.83. The molecule has 0 unspecified atom stereocenters. The van der Waals surface area contributed by atoms with Gasteiger partial charge < -0.3 is 19.7 Å². The Hall–Kier alpha value is -3.65. The molecule has 0 saturated heterocycles. The number of phenolic OH excluding ortho intramolecular Hbond substituents is 1. The highest BCUT2D eigenvalue weighted by atomic mass is 32.1. The molecule has 8 heteroatoms. The standard InChI is InChI=1S/C24H18O7S/c1-9-5-6-32-14(9)8-13-20(28)17-21(30-13)10(2)19(27)18-22(17)31-15-7-12(26)16(11(3)25)23(29)24(15,18)4/h5-8,26-27H,1-4H3/b13-8-/t24-/m0/s1. The van der Waals surface area contributed by atoms with Crippen molar-refractivity contribution < 1.29 is 34.1 Å². The highest BCUT2D eigenvalue weighted by molar-refractivity contribution is 7.11. The fourth-order valence-corrected chi connectivity index (χ4v) is 5.23. The number of fused-ring (bicyclic) bond motifs is 5. The fourth-order valence-electron chi connectivity index (χ4n) is 4.38. The van der Waals surface area contributed by atoms with Crippen LogP contribution in [-0.4, -0.2) is 27.6 Å². The molecule has 3 heterocycles. The Morgan fingerprint density at radius 3 is 2.50 bits per heavy atom. The number of hydrogen-bond donors (Lipinski definition) is 2. The van der Waals surface area contributed by atoms with Gasteiger partial charge in [-0.3, -0.25) is 14.4 Å². The molecular weight excluding hydrogens is 432 g/mol. The molecule has 2 aliphatic heterocycles. The van der Waals surface area contributed by atoms with E-state index in [9.17, 15) is 24.6 Å². The molecule has 7 nitrogen and oxygen atoms in total. The van der Waals surface area contributed by atoms with Gasteiger partial charge in [0.2, 0.25) is 5.78 Å². The van der Waals surface area contributed by atoms with Gasteiger partial charge in [0.05, 0.1) is 5.56 Å². The predicted molar refractivity (Wildman–Crippen MR) is 116 cm³/mol. The van der Waals surface area contributed by atoms with Crippen LogP contribution in [0, 0.1) is 13.8 Å². The lowest BCUT2D eigenvalue weighted by Gasteiger charge is -2.27. The molecule has 0 fully saturated rings. The van der Waals surface area contributed by atoms with E-state index in [0.29, 0.717) is 0 Å². The Morgan fingerprint density at radius 1 is 1.16 bits per heavy atom. The molecule has 5 rings (SSSR count). The van der Waals surface area contributed by atoms with Crippen molar-refractivity contribution >= 4 is 34.8 Å². The average molecular weight is 450 g/mol. The maximum absolute atomic E-state index is 13.3. The number of phenols is 1. The largest absolute Gasteiger partial charge is 0.507 e. The molecule has 1 aliphatic carbocycles. The van der Waals surface area contributed by atoms with E-state index in [-0.39, 0.29) is 51.0 Å². The molecular formula is C24H18O7S. The monoisotopic (exact) mass is 450 g/mol. The maximum atomic E-state index is 13.3. The SMILES string of the molecule is CC(=O)C1=C(O)C=C2Oc3c4c(c(C)c(O)c3[C@@]2(C)C1=O)O/C(=C\c1sccc1C)C4=O. The molecule has 32 heavy (non-hydrogen) atoms. The second-order valence-corrected chi connectivity index (χ2v) is 9.12. The summed E-state index contributed by atoms with van der Waals surface area (Å²) in [4.78, 5) is 39.5. The fraction of sp³-hybridized carbons (Fsp3) is 0.208. The summed E-state index contributed by atoms with van der Waals surface area (Å²) in [6.45, 7) is 6.18. The third-order valence-corrected chi connectivity index (χ3v) is 7.17. The van der Waals surface area contributed by atoms with Gasteiger partial charge in [0.1, 0.15) is 39.6 Å². The second kappa shape index (κ2) is 6.43. The summed E-state index contributed by atoms with van der Waals surface area (Å²) in [5.74, 6) is -2.25. The maximum Gasteiger partial charge on any atom is 0.235 e. The van der Waals surface area contributed by atoms with Crippen LogP contribution >= 0.6 is 11.3 Å². The number of Topliss-reactive ketones (excluding diaryl/α,β-unsaturated/α-hetero) is 3. The van der Waals surface area contributed by atoms with Crippen LogP contribution in [0.2, 0.25) is 0 Å². The molecule has 2 N–H and O–H groups in total. The minimum absolute atomic E-state index is 0.000830. The van der Waals surface area contributed by atoms with Gasteiger partial charge in [-0.15, -0.1) is 11.3 Å². The summed E-state index contributed by atoms with van der Waals surface area (Å²) in [5.41, 5.74) is -0.486. The zero-order valence-corrected chi connectivity index (χ0v) is 18.5. The van der Waals surface area contributed by atoms with Gasteiger partial charge in [-0.05, 0) is 44.7 Å². The zero-order valence-electron chi connectivity index (χ0n) is 17.7. The van der Waals surface area contributed by atoms with Gasteiger partial charge in [0.15, 0.2) is 23.1 Å². The van der Waals surface area contributed by atoms with Crippen LogP contribution in [-0.2, 0) is 15.0 Å². The number of rotatable bonds is 2. The third kappa shape index (κ3) is 2.38. The van der Waals surface area contributed by atoms with Crippen LogP contribution < -0.4 is 9.47 Å². The number of carbonyl (C=O) groups is 3. The van der Waals surface area contributed by atoms with Crippen molar-refractivity contribution in [3.05, 3.63) is 67.5 Å². The van der Waals surface area contributed by atoms with Gasteiger partial charge in [-0.1, -0.05) is 0 Å². The molecule has 1 aromatic carbocycles. The Bertz CT molecular complexity index is 1390. The van der Waals surface area contributed by atoms with Gasteiger partial charge in [0, 0.05) is 22.6 Å². The van der Waals surface area contributed by atoms with Crippen molar-refractivity contribution in [3.63, 3.8) is 0 Å². The smallest absolute Gasteiger partial charge is 0.235 e. The highest BCUT2D eigenvalue weighted by Gasteiger charge is 2.56. The molecule has 1 atom stereocenters. The number of benzene rings is 1. The lowest BCUT2D eigenvalue weighted by molar-refractivity contribution is -0.123. The first kappa shape index (κ1) is 20.3. The molecule has 3 aliphatic rings. The van der Waals surface area contributed by atoms with E-state index in [1.165, 1.54) is 31.3 Å². The van der Waals surface area contributed by atoms with Crippen molar-refractivity contribution in [3.8, 4) is 17.2 Å². The van der Waals surface area contributed by atoms with Gasteiger partial charge in [-0.2, -0.15) is 0 Å². The predicted octanol–water partition coefficient (Wildman–Crippen LogP) is 4.20. The number of carbonyl (C=O) groups excluding carboxylic acids is 3. The first-order valence-electron chi connectivity index (χ1n) is 9.84. The molecule has 0 saturated carbocycles. The van der Waals surface area contributed by atoms with Crippen molar-refractivity contribution in [1.29, 1.82) is 0 Å². The summed E-state index contributed by atoms with van der Waals surface area (Å²) in [6, 6.07) is 1.93. The van der Waals surface area contributed by atoms with E-state index in [2.05, 4.69) is 0 Å². The summed E-state index contributed by atoms with van der Waals surface area (Å²) in [7, 11) is 0. The number of aromatic hydroxyl groups is 1. The molecule has 162 valence electrons. The molecule has 0 radical (unpaired) electrons. The topological polar surface area (TPSA) is 110 Å². The minimum atomic E-state index is -1.57. The van der Waals surface area contributed by atoms with E-state index in [4.69, 9.17) is 9.47 Å². The third-order valence-electron chi connectivity index (χ3n) is 6.20. The Balaban J connectivity index is 1.73. The summed E-state index contributed by atoms with van der Waals surface area (Å²) >= 11 is 1.46. The number of ketones is 3. The number of thiophene rings is 1. The first-order valence-corrected chi connectivity index (χ1v) is 10.7. The van der Waals surface area contributed by atoms with E-state index in [0.717, 1.165) is 10.4 Å². The number of hydrogen-bond acceptors (Lipinski definition) is 8. The minimum Gasteiger partial charge on any atom is -0.507 e. The second-order valence-electron chi connectivity index (χ2n) is 8.17. The van der Waals surface area contributed by atoms with Crippen LogP contribution in [0.4, 0.5) is 0 Å². The number of aliphatic hydroxyl groups is 1. The van der Waals surface area contributed by atoms with E-state index in [1.807, 2.05) is 18.4 Å². The average Bonchev–Trinajstić information content (AvgIpc) is 3.36. The lowest BCUT2D eigenvalue weighted by atomic mass is 9.71. The Labute approximate surface area is 186 Å². The number of aryl methyl sites for hydroxylation is 1. The Kier molecular flexibility index (Phi) is 4.07. The van der Waals surface area contributed by atoms with E-state index >= 15 is 0 Å². The van der Waals surface area contributed by atoms with Crippen LogP contribution in [0.15, 0.2) is 40.4 Å². The van der Waals surface area contributed by atoms with Crippen molar-refractivity contribution in [2.75, 3.05) is 0 Å². The van der Waals surface area contributed by atoms with Gasteiger partial charge in [0.25, 0.3) is 0 Å². The van der Waals surface area contributed by atoms with Gasteiger partial charge >= 0.3 is 0 Å². The number of aliphatic hydroxyl groups excluding tert-OH is 1. The van der Waals surface area contributed by atoms with Crippen molar-refractivity contribution in [2.24, 2.45) is 0 Å². The normalized spacial score (nSPS) is 22.4. The summed E-state index contributed by atoms with van der Waals surface area (Å²) < 4.78 is 11.7. The van der Waals surface area contributed by atoms with Crippen LogP contribution in [0.5, 0.6) is 17.2 Å². The molecule has 0 amide bonds. The van der Waals surface area contributed by atoms with E-state index in [1.54, 1.807) is 13.0 Å². The lowest BCUT2D eigenvalue weighted by Crippen LogP contribution is -2.38. The Morgan fingerprint density at radius 2 is 1.88 bits per heavy atom. The number of ether oxygens (including phenoxy) is 2. The first-order chi connectivity index (χ1) is 15.1. The molecule has 2 aromatic rings. The summed E-state index contributed by atoms with van der Waals surface area (Å²) in [5, 5.41) is 23.2. The van der Waals surface area contributed by atoms with Crippen molar-refractivity contribution in [2.45, 2.75) is 33.1 Å². The van der Waals surface area contributed by atoms with Crippen LogP contribution in [0.1, 0.15) is 45.8 Å².